The number of amides is 4. The van der Waals surface area contributed by atoms with E-state index in [4.69, 9.17) is 11.6 Å². The molecule has 6 nitrogen and oxygen atoms in total. The quantitative estimate of drug-likeness (QED) is 0.680. The maximum Gasteiger partial charge on any atom is 0.417 e. The fraction of sp³-hybridized carbons (Fsp3) is 0.316. The number of rotatable bonds is 3. The Morgan fingerprint density at radius 1 is 1.30 bits per heavy atom. The van der Waals surface area contributed by atoms with Gasteiger partial charge >= 0.3 is 12.2 Å². The van der Waals surface area contributed by atoms with Gasteiger partial charge in [-0.15, -0.1) is 11.3 Å². The number of nitrogens with zero attached hydrogens (tertiary/aromatic N) is 1. The SMILES string of the molecule is O=C(CN1C(=O)N[C@]2(CCCc3sccc32)C1=O)Nc1ccc(Cl)c(C(F)(F)F)c1. The number of anilines is 1. The lowest BCUT2D eigenvalue weighted by Gasteiger charge is -2.31. The van der Waals surface area contributed by atoms with E-state index in [1.54, 1.807) is 6.07 Å². The number of nitrogens with one attached hydrogen (secondary N) is 2. The fourth-order valence-electron chi connectivity index (χ4n) is 3.85. The van der Waals surface area contributed by atoms with Gasteiger partial charge in [0.2, 0.25) is 5.91 Å². The second kappa shape index (κ2) is 7.28. The van der Waals surface area contributed by atoms with Crippen LogP contribution in [0.25, 0.3) is 0 Å². The molecule has 0 unspecified atom stereocenters. The van der Waals surface area contributed by atoms with Crippen LogP contribution in [-0.2, 0) is 27.7 Å². The molecule has 1 saturated heterocycles. The average Bonchev–Trinajstić information content (AvgIpc) is 3.23. The molecule has 4 amide bonds. The predicted molar refractivity (Wildman–Crippen MR) is 104 cm³/mol. The van der Waals surface area contributed by atoms with E-state index < -0.39 is 46.7 Å². The number of alkyl halides is 3. The van der Waals surface area contributed by atoms with E-state index in [1.807, 2.05) is 5.38 Å². The van der Waals surface area contributed by atoms with Crippen LogP contribution >= 0.6 is 22.9 Å². The average molecular weight is 458 g/mol. The number of carbonyl (C=O) groups is 3. The van der Waals surface area contributed by atoms with Crippen LogP contribution in [0.15, 0.2) is 29.6 Å². The molecule has 1 atom stereocenters. The van der Waals surface area contributed by atoms with E-state index in [0.29, 0.717) is 18.9 Å². The first-order chi connectivity index (χ1) is 14.1. The Hall–Kier alpha value is -2.59. The van der Waals surface area contributed by atoms with Crippen LogP contribution in [0, 0.1) is 0 Å². The summed E-state index contributed by atoms with van der Waals surface area (Å²) in [6, 6.07) is 4.02. The number of hydrogen-bond donors (Lipinski definition) is 2. The number of fused-ring (bicyclic) bond motifs is 2. The molecule has 0 bridgehead atoms. The molecule has 1 spiro atoms. The van der Waals surface area contributed by atoms with Crippen LogP contribution in [0.2, 0.25) is 5.02 Å². The van der Waals surface area contributed by atoms with Crippen molar-refractivity contribution < 1.29 is 27.6 Å². The first kappa shape index (κ1) is 20.7. The van der Waals surface area contributed by atoms with Gasteiger partial charge in [-0.2, -0.15) is 13.2 Å². The van der Waals surface area contributed by atoms with Gasteiger partial charge in [-0.1, -0.05) is 11.6 Å². The highest BCUT2D eigenvalue weighted by Gasteiger charge is 2.54. The lowest BCUT2D eigenvalue weighted by atomic mass is 9.80. The summed E-state index contributed by atoms with van der Waals surface area (Å²) in [6.07, 6.45) is -2.74. The minimum Gasteiger partial charge on any atom is -0.325 e. The van der Waals surface area contributed by atoms with Gasteiger partial charge in [0, 0.05) is 16.1 Å². The van der Waals surface area contributed by atoms with Gasteiger partial charge in [0.05, 0.1) is 10.6 Å². The summed E-state index contributed by atoms with van der Waals surface area (Å²) in [6.45, 7) is -0.615. The lowest BCUT2D eigenvalue weighted by molar-refractivity contribution is -0.137. The Labute approximate surface area is 178 Å². The zero-order valence-electron chi connectivity index (χ0n) is 15.3. The molecule has 0 radical (unpaired) electrons. The van der Waals surface area contributed by atoms with Crippen LogP contribution in [0.4, 0.5) is 23.7 Å². The summed E-state index contributed by atoms with van der Waals surface area (Å²) in [5.41, 5.74) is -1.68. The van der Waals surface area contributed by atoms with Gasteiger partial charge in [0.25, 0.3) is 5.91 Å². The van der Waals surface area contributed by atoms with Crippen molar-refractivity contribution in [3.63, 3.8) is 0 Å². The van der Waals surface area contributed by atoms with Gasteiger partial charge in [-0.3, -0.25) is 14.5 Å². The highest BCUT2D eigenvalue weighted by Crippen LogP contribution is 2.42. The highest BCUT2D eigenvalue weighted by molar-refractivity contribution is 7.10. The van der Waals surface area contributed by atoms with E-state index >= 15 is 0 Å². The first-order valence-corrected chi connectivity index (χ1v) is 10.2. The number of thiophene rings is 1. The number of carbonyl (C=O) groups excluding carboxylic acids is 3. The molecule has 2 heterocycles. The Balaban J connectivity index is 1.51. The number of aryl methyl sites for hydroxylation is 1. The molecule has 11 heteroatoms. The van der Waals surface area contributed by atoms with Crippen LogP contribution < -0.4 is 10.6 Å². The Kier molecular flexibility index (Phi) is 5.01. The molecule has 4 rings (SSSR count). The van der Waals surface area contributed by atoms with Crippen molar-refractivity contribution in [2.24, 2.45) is 0 Å². The van der Waals surface area contributed by atoms with Gasteiger partial charge in [0.1, 0.15) is 12.1 Å². The summed E-state index contributed by atoms with van der Waals surface area (Å²) in [4.78, 5) is 39.7. The van der Waals surface area contributed by atoms with Crippen LogP contribution in [0.3, 0.4) is 0 Å². The number of urea groups is 1. The monoisotopic (exact) mass is 457 g/mol. The summed E-state index contributed by atoms with van der Waals surface area (Å²) < 4.78 is 39.0. The number of benzene rings is 1. The van der Waals surface area contributed by atoms with Crippen molar-refractivity contribution >= 4 is 46.5 Å². The molecule has 30 heavy (non-hydrogen) atoms. The largest absolute Gasteiger partial charge is 0.417 e. The third kappa shape index (κ3) is 3.43. The molecule has 1 aliphatic carbocycles. The van der Waals surface area contributed by atoms with Crippen LogP contribution in [-0.4, -0.2) is 29.3 Å². The van der Waals surface area contributed by atoms with Crippen molar-refractivity contribution in [3.05, 3.63) is 50.7 Å². The van der Waals surface area contributed by atoms with E-state index in [1.165, 1.54) is 17.4 Å². The van der Waals surface area contributed by atoms with E-state index in [9.17, 15) is 27.6 Å². The minimum absolute atomic E-state index is 0.142. The van der Waals surface area contributed by atoms with E-state index in [2.05, 4.69) is 10.6 Å². The van der Waals surface area contributed by atoms with Gasteiger partial charge in [-0.25, -0.2) is 4.79 Å². The Bertz CT molecular complexity index is 1060. The highest BCUT2D eigenvalue weighted by atomic mass is 35.5. The molecular weight excluding hydrogens is 443 g/mol. The zero-order chi connectivity index (χ0) is 21.7. The van der Waals surface area contributed by atoms with Crippen molar-refractivity contribution in [1.82, 2.24) is 10.2 Å². The van der Waals surface area contributed by atoms with Crippen LogP contribution in [0.5, 0.6) is 0 Å². The molecule has 1 aromatic heterocycles. The molecule has 2 aliphatic rings. The predicted octanol–water partition coefficient (Wildman–Crippen LogP) is 4.14. The number of imide groups is 1. The third-order valence-electron chi connectivity index (χ3n) is 5.19. The molecule has 158 valence electrons. The summed E-state index contributed by atoms with van der Waals surface area (Å²) in [5, 5.41) is 6.35. The number of hydrogen-bond acceptors (Lipinski definition) is 4. The molecule has 0 saturated carbocycles. The standard InChI is InChI=1S/C19H15ClF3N3O3S/c20-13-4-3-10(8-12(13)19(21,22)23)24-15(27)9-26-16(28)18(25-17(26)29)6-1-2-14-11(18)5-7-30-14/h3-5,7-8H,1-2,6,9H2,(H,24,27)(H,25,29)/t18-/m0/s1. The lowest BCUT2D eigenvalue weighted by Crippen LogP contribution is -2.46. The summed E-state index contributed by atoms with van der Waals surface area (Å²) in [5.74, 6) is -1.33. The summed E-state index contributed by atoms with van der Waals surface area (Å²) >= 11 is 7.08. The second-order valence-electron chi connectivity index (χ2n) is 7.08. The van der Waals surface area contributed by atoms with Gasteiger partial charge < -0.3 is 10.6 Å². The number of halogens is 4. The molecule has 2 aromatic rings. The molecular formula is C19H15ClF3N3O3S. The molecule has 2 N–H and O–H groups in total. The normalized spacial score (nSPS) is 21.0. The second-order valence-corrected chi connectivity index (χ2v) is 8.49. The van der Waals surface area contributed by atoms with E-state index in [-0.39, 0.29) is 5.69 Å². The van der Waals surface area contributed by atoms with Crippen molar-refractivity contribution in [2.75, 3.05) is 11.9 Å². The Morgan fingerprint density at radius 2 is 2.07 bits per heavy atom. The van der Waals surface area contributed by atoms with Gasteiger partial charge in [0.15, 0.2) is 0 Å². The summed E-state index contributed by atoms with van der Waals surface area (Å²) in [7, 11) is 0. The van der Waals surface area contributed by atoms with Crippen molar-refractivity contribution in [3.8, 4) is 0 Å². The minimum atomic E-state index is -4.69. The van der Waals surface area contributed by atoms with E-state index in [0.717, 1.165) is 27.8 Å². The fourth-order valence-corrected chi connectivity index (χ4v) is 5.07. The molecule has 1 fully saturated rings. The van der Waals surface area contributed by atoms with Crippen molar-refractivity contribution in [1.29, 1.82) is 0 Å². The maximum absolute atomic E-state index is 13.1. The topological polar surface area (TPSA) is 78.5 Å². The third-order valence-corrected chi connectivity index (χ3v) is 6.50. The van der Waals surface area contributed by atoms with Gasteiger partial charge in [-0.05, 0) is 48.9 Å². The van der Waals surface area contributed by atoms with Crippen LogP contribution in [0.1, 0.15) is 28.8 Å². The zero-order valence-corrected chi connectivity index (χ0v) is 16.9. The molecule has 1 aromatic carbocycles. The van der Waals surface area contributed by atoms with Crippen molar-refractivity contribution in [2.45, 2.75) is 31.0 Å². The Morgan fingerprint density at radius 3 is 2.80 bits per heavy atom. The smallest absolute Gasteiger partial charge is 0.325 e. The first-order valence-electron chi connectivity index (χ1n) is 8.99. The maximum atomic E-state index is 13.1. The molecule has 1 aliphatic heterocycles.